The molecule has 2 aromatic heterocycles. The third-order valence-corrected chi connectivity index (χ3v) is 11.6. The molecule has 0 aliphatic rings. The van der Waals surface area contributed by atoms with Gasteiger partial charge in [-0.05, 0) is 60.4 Å². The molecule has 36 heavy (non-hydrogen) atoms. The topological polar surface area (TPSA) is 57.0 Å². The lowest BCUT2D eigenvalue weighted by atomic mass is 9.92. The van der Waals surface area contributed by atoms with Crippen molar-refractivity contribution >= 4 is 25.7 Å². The second kappa shape index (κ2) is 11.0. The Hall–Kier alpha value is -2.28. The fourth-order valence-electron chi connectivity index (χ4n) is 3.48. The van der Waals surface area contributed by atoms with Gasteiger partial charge in [-0.25, -0.2) is 4.68 Å². The molecule has 0 bridgehead atoms. The quantitative estimate of drug-likeness (QED) is 0.271. The van der Waals surface area contributed by atoms with E-state index in [2.05, 4.69) is 65.7 Å². The van der Waals surface area contributed by atoms with Crippen LogP contribution in [0.5, 0.6) is 0 Å². The summed E-state index contributed by atoms with van der Waals surface area (Å²) < 4.78 is 8.20. The van der Waals surface area contributed by atoms with Crippen LogP contribution in [0.3, 0.4) is 0 Å². The first kappa shape index (κ1) is 28.3. The lowest BCUT2D eigenvalue weighted by molar-refractivity contribution is -0.118. The van der Waals surface area contributed by atoms with Gasteiger partial charge < -0.3 is 4.43 Å². The van der Waals surface area contributed by atoms with Gasteiger partial charge in [0.2, 0.25) is 0 Å². The molecule has 2 heterocycles. The summed E-state index contributed by atoms with van der Waals surface area (Å²) in [6.45, 7) is 18.2. The normalized spacial score (nSPS) is 12.7. The van der Waals surface area contributed by atoms with Crippen LogP contribution in [0.1, 0.15) is 70.6 Å². The predicted molar refractivity (Wildman–Crippen MR) is 151 cm³/mol. The number of aryl methyl sites for hydroxylation is 1. The van der Waals surface area contributed by atoms with E-state index in [-0.39, 0.29) is 16.2 Å². The largest absolute Gasteiger partial charge is 0.413 e. The van der Waals surface area contributed by atoms with Crippen molar-refractivity contribution in [1.82, 2.24) is 14.8 Å². The number of Topliss-reactive ketones (excluding diaryl/α,β-unsaturated/α-hetero) is 1. The number of pyridine rings is 1. The average molecular weight is 526 g/mol. The number of hydrogen-bond donors (Lipinski definition) is 0. The van der Waals surface area contributed by atoms with Crippen molar-refractivity contribution in [3.05, 3.63) is 76.3 Å². The molecule has 3 aromatic rings. The molecule has 0 radical (unpaired) electrons. The highest BCUT2D eigenvalue weighted by Gasteiger charge is 2.37. The molecule has 5 nitrogen and oxygen atoms in total. The van der Waals surface area contributed by atoms with Crippen molar-refractivity contribution in [3.63, 3.8) is 0 Å². The van der Waals surface area contributed by atoms with Crippen LogP contribution in [0, 0.1) is 0 Å². The number of hydrogen-bond acceptors (Lipinski definition) is 4. The maximum atomic E-state index is 12.8. The summed E-state index contributed by atoms with van der Waals surface area (Å²) in [6.07, 6.45) is 3.18. The van der Waals surface area contributed by atoms with Crippen LogP contribution in [0.4, 0.5) is 0 Å². The lowest BCUT2D eigenvalue weighted by Crippen LogP contribution is -2.40. The molecule has 0 saturated carbocycles. The first-order chi connectivity index (χ1) is 16.7. The first-order valence-corrected chi connectivity index (χ1v) is 15.9. The van der Waals surface area contributed by atoms with E-state index in [1.807, 2.05) is 47.3 Å². The fraction of sp³-hybridized carbons (Fsp3) is 0.483. The summed E-state index contributed by atoms with van der Waals surface area (Å²) in [4.78, 5) is 17.4. The average Bonchev–Trinajstić information content (AvgIpc) is 3.21. The summed E-state index contributed by atoms with van der Waals surface area (Å²) in [7, 11) is -1.81. The standard InChI is InChI=1S/C29H40ClN3O2Si/c1-28(2,3)27-18-25(33(32-27)24-11-9-10-22(30)16-24)14-15-26(34)17-23-13-12-21(19-31-23)20-35-36(7,8)29(4,5)6/h9-13,16,18-19H,14-15,17,20H2,1-8H3. The number of carbonyl (C=O) groups excluding carboxylic acids is 1. The van der Waals surface area contributed by atoms with Gasteiger partial charge in [-0.2, -0.15) is 5.10 Å². The molecule has 194 valence electrons. The SMILES string of the molecule is CC(C)(C)c1cc(CCC(=O)Cc2ccc(CO[Si](C)(C)C(C)(C)C)cn2)n(-c2cccc(Cl)c2)n1. The van der Waals surface area contributed by atoms with Gasteiger partial charge in [-0.1, -0.05) is 65.3 Å². The Morgan fingerprint density at radius 1 is 1.06 bits per heavy atom. The smallest absolute Gasteiger partial charge is 0.192 e. The Kier molecular flexibility index (Phi) is 8.64. The molecular weight excluding hydrogens is 486 g/mol. The number of benzene rings is 1. The molecule has 1 aromatic carbocycles. The molecule has 0 fully saturated rings. The minimum Gasteiger partial charge on any atom is -0.413 e. The minimum atomic E-state index is -1.81. The highest BCUT2D eigenvalue weighted by atomic mass is 35.5. The zero-order chi connectivity index (χ0) is 26.7. The van der Waals surface area contributed by atoms with Gasteiger partial charge in [0.05, 0.1) is 18.0 Å². The maximum absolute atomic E-state index is 12.8. The van der Waals surface area contributed by atoms with E-state index < -0.39 is 8.32 Å². The molecule has 0 atom stereocenters. The zero-order valence-electron chi connectivity index (χ0n) is 23.0. The van der Waals surface area contributed by atoms with Crippen LogP contribution in [-0.4, -0.2) is 28.9 Å². The number of rotatable bonds is 9. The Bertz CT molecular complexity index is 1190. The number of aromatic nitrogens is 3. The summed E-state index contributed by atoms with van der Waals surface area (Å²) in [5.74, 6) is 0.156. The van der Waals surface area contributed by atoms with Gasteiger partial charge in [0.1, 0.15) is 5.78 Å². The van der Waals surface area contributed by atoms with Crippen LogP contribution in [0.25, 0.3) is 5.69 Å². The summed E-state index contributed by atoms with van der Waals surface area (Å²) in [5.41, 5.74) is 4.62. The summed E-state index contributed by atoms with van der Waals surface area (Å²) in [6, 6.07) is 13.7. The van der Waals surface area contributed by atoms with Crippen LogP contribution in [0.15, 0.2) is 48.7 Å². The summed E-state index contributed by atoms with van der Waals surface area (Å²) >= 11 is 6.23. The highest BCUT2D eigenvalue weighted by molar-refractivity contribution is 6.74. The van der Waals surface area contributed by atoms with Crippen molar-refractivity contribution in [2.24, 2.45) is 0 Å². The molecule has 0 saturated heterocycles. The zero-order valence-corrected chi connectivity index (χ0v) is 24.7. The van der Waals surface area contributed by atoms with E-state index >= 15 is 0 Å². The van der Waals surface area contributed by atoms with Crippen molar-refractivity contribution in [2.75, 3.05) is 0 Å². The van der Waals surface area contributed by atoms with Crippen molar-refractivity contribution in [2.45, 2.75) is 91.0 Å². The molecule has 0 spiro atoms. The third kappa shape index (κ3) is 7.37. The van der Waals surface area contributed by atoms with E-state index in [0.29, 0.717) is 30.9 Å². The molecule has 3 rings (SSSR count). The maximum Gasteiger partial charge on any atom is 0.192 e. The predicted octanol–water partition coefficient (Wildman–Crippen LogP) is 7.48. The number of nitrogens with zero attached hydrogens (tertiary/aromatic N) is 3. The van der Waals surface area contributed by atoms with Crippen molar-refractivity contribution in [1.29, 1.82) is 0 Å². The first-order valence-electron chi connectivity index (χ1n) is 12.6. The van der Waals surface area contributed by atoms with Crippen LogP contribution < -0.4 is 0 Å². The second-order valence-electron chi connectivity index (χ2n) is 12.1. The lowest BCUT2D eigenvalue weighted by Gasteiger charge is -2.36. The van der Waals surface area contributed by atoms with Gasteiger partial charge >= 0.3 is 0 Å². The number of halogens is 1. The summed E-state index contributed by atoms with van der Waals surface area (Å²) in [5, 5.41) is 5.67. The highest BCUT2D eigenvalue weighted by Crippen LogP contribution is 2.37. The molecule has 0 aliphatic heterocycles. The van der Waals surface area contributed by atoms with E-state index in [1.54, 1.807) is 0 Å². The van der Waals surface area contributed by atoms with Crippen LogP contribution in [-0.2, 0) is 34.1 Å². The Morgan fingerprint density at radius 2 is 1.78 bits per heavy atom. The molecule has 0 amide bonds. The fourth-order valence-corrected chi connectivity index (χ4v) is 4.62. The van der Waals surface area contributed by atoms with Gasteiger partial charge in [-0.15, -0.1) is 0 Å². The van der Waals surface area contributed by atoms with Gasteiger partial charge in [0, 0.05) is 40.9 Å². The Morgan fingerprint density at radius 3 is 2.36 bits per heavy atom. The Labute approximate surface area is 222 Å². The van der Waals surface area contributed by atoms with Crippen molar-refractivity contribution in [3.8, 4) is 5.69 Å². The van der Waals surface area contributed by atoms with E-state index in [1.165, 1.54) is 0 Å². The molecule has 0 unspecified atom stereocenters. The van der Waals surface area contributed by atoms with Gasteiger partial charge in [0.25, 0.3) is 0 Å². The molecule has 7 heteroatoms. The van der Waals surface area contributed by atoms with E-state index in [9.17, 15) is 4.79 Å². The van der Waals surface area contributed by atoms with Crippen LogP contribution >= 0.6 is 11.6 Å². The van der Waals surface area contributed by atoms with E-state index in [0.717, 1.165) is 28.3 Å². The number of carbonyl (C=O) groups is 1. The second-order valence-corrected chi connectivity index (χ2v) is 17.3. The Balaban J connectivity index is 1.64. The number of ketones is 1. The van der Waals surface area contributed by atoms with Gasteiger partial charge in [0.15, 0.2) is 8.32 Å². The monoisotopic (exact) mass is 525 g/mol. The third-order valence-electron chi connectivity index (χ3n) is 6.93. The van der Waals surface area contributed by atoms with E-state index in [4.69, 9.17) is 21.1 Å². The van der Waals surface area contributed by atoms with Gasteiger partial charge in [-0.3, -0.25) is 9.78 Å². The van der Waals surface area contributed by atoms with Crippen molar-refractivity contribution < 1.29 is 9.22 Å². The van der Waals surface area contributed by atoms with Crippen LogP contribution in [0.2, 0.25) is 23.2 Å². The molecular formula is C29H40ClN3O2Si. The minimum absolute atomic E-state index is 0.0947. The molecule has 0 aliphatic carbocycles. The molecule has 0 N–H and O–H groups in total.